The lowest BCUT2D eigenvalue weighted by Crippen LogP contribution is -2.30. The Morgan fingerprint density at radius 3 is 2.59 bits per heavy atom. The minimum absolute atomic E-state index is 0.158. The first-order valence-electron chi connectivity index (χ1n) is 9.46. The minimum Gasteiger partial charge on any atom is -0.452 e. The van der Waals surface area contributed by atoms with Crippen LogP contribution in [0.1, 0.15) is 48.8 Å². The molecule has 0 radical (unpaired) electrons. The third-order valence-electron chi connectivity index (χ3n) is 5.51. The molecule has 0 N–H and O–H groups in total. The number of amides is 1. The van der Waals surface area contributed by atoms with Gasteiger partial charge in [-0.05, 0) is 42.2 Å². The smallest absolute Gasteiger partial charge is 0.339 e. The van der Waals surface area contributed by atoms with Crippen molar-refractivity contribution in [2.24, 2.45) is 11.3 Å². The second kappa shape index (κ2) is 7.29. The van der Waals surface area contributed by atoms with Gasteiger partial charge in [0.2, 0.25) is 0 Å². The third kappa shape index (κ3) is 3.97. The summed E-state index contributed by atoms with van der Waals surface area (Å²) < 4.78 is 5.39. The van der Waals surface area contributed by atoms with Crippen LogP contribution in [-0.4, -0.2) is 42.5 Å². The highest BCUT2D eigenvalue weighted by Gasteiger charge is 2.33. The number of para-hydroxylation sites is 1. The maximum absolute atomic E-state index is 13.0. The van der Waals surface area contributed by atoms with Gasteiger partial charge in [-0.15, -0.1) is 0 Å². The van der Waals surface area contributed by atoms with Gasteiger partial charge in [-0.25, -0.2) is 4.79 Å². The van der Waals surface area contributed by atoms with E-state index in [2.05, 4.69) is 20.8 Å². The maximum Gasteiger partial charge on any atom is 0.339 e. The van der Waals surface area contributed by atoms with Crippen LogP contribution in [0.5, 0.6) is 0 Å². The quantitative estimate of drug-likeness (QED) is 0.776. The molecule has 0 unspecified atom stereocenters. The van der Waals surface area contributed by atoms with E-state index in [1.807, 2.05) is 24.3 Å². The van der Waals surface area contributed by atoms with E-state index < -0.39 is 5.97 Å². The van der Waals surface area contributed by atoms with E-state index in [0.717, 1.165) is 41.4 Å². The molecule has 0 fully saturated rings. The highest BCUT2D eigenvalue weighted by atomic mass is 16.5. The van der Waals surface area contributed by atoms with Crippen LogP contribution < -0.4 is 0 Å². The number of aryl methyl sites for hydroxylation is 1. The molecule has 0 saturated heterocycles. The molecular formula is C22H28N2O3. The molecule has 27 heavy (non-hydrogen) atoms. The van der Waals surface area contributed by atoms with E-state index in [-0.39, 0.29) is 17.9 Å². The summed E-state index contributed by atoms with van der Waals surface area (Å²) in [6, 6.07) is 7.66. The monoisotopic (exact) mass is 368 g/mol. The predicted octanol–water partition coefficient (Wildman–Crippen LogP) is 3.63. The lowest BCUT2D eigenvalue weighted by Gasteiger charge is -2.35. The molecule has 0 bridgehead atoms. The standard InChI is InChI=1S/C22H28N2O3/c1-22(2,3)14-10-11-18-16(12-14)20(15-8-6-7-9-17(15)23-18)21(26)27-13-19(25)24(4)5/h6-9,14H,10-13H2,1-5H3/t14-/m0/s1. The molecule has 1 amide bonds. The molecule has 0 spiro atoms. The number of fused-ring (bicyclic) bond motifs is 2. The van der Waals surface area contributed by atoms with Gasteiger partial charge in [-0.1, -0.05) is 39.0 Å². The largest absolute Gasteiger partial charge is 0.452 e. The molecule has 1 atom stereocenters. The minimum atomic E-state index is -0.436. The van der Waals surface area contributed by atoms with Crippen LogP contribution in [0.25, 0.3) is 10.9 Å². The van der Waals surface area contributed by atoms with Gasteiger partial charge in [0.25, 0.3) is 5.91 Å². The Kier molecular flexibility index (Phi) is 5.22. The highest BCUT2D eigenvalue weighted by molar-refractivity contribution is 6.05. The number of carbonyl (C=O) groups excluding carboxylic acids is 2. The van der Waals surface area contributed by atoms with Crippen molar-refractivity contribution in [3.63, 3.8) is 0 Å². The third-order valence-corrected chi connectivity index (χ3v) is 5.51. The van der Waals surface area contributed by atoms with Gasteiger partial charge in [0, 0.05) is 25.2 Å². The fourth-order valence-corrected chi connectivity index (χ4v) is 3.69. The van der Waals surface area contributed by atoms with Gasteiger partial charge < -0.3 is 9.64 Å². The predicted molar refractivity (Wildman–Crippen MR) is 106 cm³/mol. The fourth-order valence-electron chi connectivity index (χ4n) is 3.69. The Morgan fingerprint density at radius 2 is 1.93 bits per heavy atom. The summed E-state index contributed by atoms with van der Waals surface area (Å²) in [4.78, 5) is 31.1. The molecule has 2 aromatic rings. The first-order chi connectivity index (χ1) is 12.7. The summed E-state index contributed by atoms with van der Waals surface area (Å²) in [6.45, 7) is 6.47. The summed E-state index contributed by atoms with van der Waals surface area (Å²) in [5.74, 6) is -0.194. The van der Waals surface area contributed by atoms with Crippen molar-refractivity contribution >= 4 is 22.8 Å². The number of rotatable bonds is 3. The molecule has 0 aliphatic heterocycles. The summed E-state index contributed by atoms with van der Waals surface area (Å²) in [7, 11) is 3.29. The van der Waals surface area contributed by atoms with Gasteiger partial charge in [0.1, 0.15) is 0 Å². The Bertz CT molecular complexity index is 881. The second-order valence-corrected chi connectivity index (χ2v) is 8.60. The van der Waals surface area contributed by atoms with Crippen LogP contribution in [0.2, 0.25) is 0 Å². The first-order valence-corrected chi connectivity index (χ1v) is 9.46. The van der Waals surface area contributed by atoms with Crippen LogP contribution in [0.4, 0.5) is 0 Å². The van der Waals surface area contributed by atoms with Crippen LogP contribution >= 0.6 is 0 Å². The average Bonchev–Trinajstić information content (AvgIpc) is 2.62. The number of esters is 1. The average molecular weight is 368 g/mol. The summed E-state index contributed by atoms with van der Waals surface area (Å²) >= 11 is 0. The van der Waals surface area contributed by atoms with Crippen molar-refractivity contribution in [2.45, 2.75) is 40.0 Å². The van der Waals surface area contributed by atoms with Crippen LogP contribution in [0, 0.1) is 11.3 Å². The van der Waals surface area contributed by atoms with Crippen molar-refractivity contribution < 1.29 is 14.3 Å². The van der Waals surface area contributed by atoms with Crippen LogP contribution in [-0.2, 0) is 22.4 Å². The number of benzene rings is 1. The van der Waals surface area contributed by atoms with E-state index in [4.69, 9.17) is 9.72 Å². The molecule has 1 aliphatic carbocycles. The van der Waals surface area contributed by atoms with Crippen LogP contribution in [0.3, 0.4) is 0 Å². The number of likely N-dealkylation sites (N-methyl/N-ethyl adjacent to an activating group) is 1. The van der Waals surface area contributed by atoms with Crippen LogP contribution in [0.15, 0.2) is 24.3 Å². The van der Waals surface area contributed by atoms with Crippen molar-refractivity contribution in [3.05, 3.63) is 41.1 Å². The Labute approximate surface area is 160 Å². The Hall–Kier alpha value is -2.43. The highest BCUT2D eigenvalue weighted by Crippen LogP contribution is 2.39. The molecule has 144 valence electrons. The molecular weight excluding hydrogens is 340 g/mol. The van der Waals surface area contributed by atoms with Gasteiger partial charge in [0.05, 0.1) is 11.1 Å². The molecule has 1 aromatic carbocycles. The summed E-state index contributed by atoms with van der Waals surface area (Å²) in [6.07, 6.45) is 2.73. The number of carbonyl (C=O) groups is 2. The molecule has 3 rings (SSSR count). The zero-order valence-corrected chi connectivity index (χ0v) is 16.8. The zero-order valence-electron chi connectivity index (χ0n) is 16.8. The molecule has 5 nitrogen and oxygen atoms in total. The number of pyridine rings is 1. The topological polar surface area (TPSA) is 59.5 Å². The molecule has 0 saturated carbocycles. The van der Waals surface area contributed by atoms with Gasteiger partial charge in [-0.2, -0.15) is 0 Å². The lowest BCUT2D eigenvalue weighted by atomic mass is 9.70. The van der Waals surface area contributed by atoms with Crippen molar-refractivity contribution in [3.8, 4) is 0 Å². The fraction of sp³-hybridized carbons (Fsp3) is 0.500. The molecule has 5 heteroatoms. The molecule has 1 aromatic heterocycles. The number of hydrogen-bond acceptors (Lipinski definition) is 4. The van der Waals surface area contributed by atoms with Gasteiger partial charge in [0.15, 0.2) is 6.61 Å². The van der Waals surface area contributed by atoms with Crippen molar-refractivity contribution in [1.82, 2.24) is 9.88 Å². The Balaban J connectivity index is 2.04. The van der Waals surface area contributed by atoms with E-state index >= 15 is 0 Å². The SMILES string of the molecule is CN(C)C(=O)COC(=O)c1c2c(nc3ccccc13)CC[C@H](C(C)(C)C)C2. The van der Waals surface area contributed by atoms with Crippen molar-refractivity contribution in [1.29, 1.82) is 0 Å². The van der Waals surface area contributed by atoms with Gasteiger partial charge in [-0.3, -0.25) is 9.78 Å². The lowest BCUT2D eigenvalue weighted by molar-refractivity contribution is -0.131. The van der Waals surface area contributed by atoms with E-state index in [0.29, 0.717) is 11.5 Å². The van der Waals surface area contributed by atoms with E-state index in [1.54, 1.807) is 14.1 Å². The number of nitrogens with zero attached hydrogens (tertiary/aromatic N) is 2. The number of aromatic nitrogens is 1. The summed E-state index contributed by atoms with van der Waals surface area (Å²) in [5.41, 5.74) is 3.51. The van der Waals surface area contributed by atoms with E-state index in [1.165, 1.54) is 4.90 Å². The van der Waals surface area contributed by atoms with E-state index in [9.17, 15) is 9.59 Å². The second-order valence-electron chi connectivity index (χ2n) is 8.60. The zero-order chi connectivity index (χ0) is 19.8. The normalized spacial score (nSPS) is 16.7. The van der Waals surface area contributed by atoms with Gasteiger partial charge >= 0.3 is 5.97 Å². The summed E-state index contributed by atoms with van der Waals surface area (Å²) in [5, 5.41) is 0.799. The van der Waals surface area contributed by atoms with Crippen molar-refractivity contribution in [2.75, 3.05) is 20.7 Å². The molecule has 1 heterocycles. The number of ether oxygens (including phenoxy) is 1. The Morgan fingerprint density at radius 1 is 1.22 bits per heavy atom. The maximum atomic E-state index is 13.0. The first kappa shape index (κ1) is 19.3. The molecule has 1 aliphatic rings. The number of hydrogen-bond donors (Lipinski definition) is 0.